The van der Waals surface area contributed by atoms with Crippen molar-refractivity contribution in [3.05, 3.63) is 93.2 Å². The van der Waals surface area contributed by atoms with Crippen LogP contribution >= 0.6 is 11.8 Å². The van der Waals surface area contributed by atoms with E-state index in [9.17, 15) is 14.9 Å². The summed E-state index contributed by atoms with van der Waals surface area (Å²) >= 11 is 1.13. The van der Waals surface area contributed by atoms with Gasteiger partial charge in [0.15, 0.2) is 5.78 Å². The van der Waals surface area contributed by atoms with E-state index in [1.54, 1.807) is 13.1 Å². The average molecular weight is 429 g/mol. The summed E-state index contributed by atoms with van der Waals surface area (Å²) in [6.45, 7) is 3.72. The Kier molecular flexibility index (Phi) is 5.74. The first-order valence-corrected chi connectivity index (χ1v) is 10.8. The molecule has 0 saturated carbocycles. The number of carbonyl (C=O) groups is 1. The van der Waals surface area contributed by atoms with Gasteiger partial charge < -0.3 is 9.97 Å². The first kappa shape index (κ1) is 20.6. The highest BCUT2D eigenvalue weighted by Crippen LogP contribution is 2.39. The molecule has 6 nitrogen and oxygen atoms in total. The van der Waals surface area contributed by atoms with Gasteiger partial charge in [0.2, 0.25) is 0 Å². The Hall–Kier alpha value is -3.63. The molecule has 0 radical (unpaired) electrons. The van der Waals surface area contributed by atoms with E-state index in [1.165, 1.54) is 0 Å². The number of rotatable bonds is 6. The van der Waals surface area contributed by atoms with E-state index in [0.717, 1.165) is 40.2 Å². The number of hydrogen-bond donors (Lipinski definition) is 2. The number of carbonyl (C=O) groups excluding carboxylic acids is 1. The SMILES string of the molecule is CCc1cccc2c(C(=O)C(Sc3nc(=O)[nH]c(C)c3C#N)c3ccccc3)c[nH]c12. The van der Waals surface area contributed by atoms with Crippen molar-refractivity contribution in [1.82, 2.24) is 15.0 Å². The number of aromatic nitrogens is 3. The van der Waals surface area contributed by atoms with E-state index < -0.39 is 10.9 Å². The summed E-state index contributed by atoms with van der Waals surface area (Å²) < 4.78 is 0. The fourth-order valence-corrected chi connectivity index (χ4v) is 4.85. The van der Waals surface area contributed by atoms with E-state index in [-0.39, 0.29) is 16.4 Å². The minimum absolute atomic E-state index is 0.112. The predicted octanol–water partition coefficient (Wildman–Crippen LogP) is 4.71. The second-order valence-electron chi connectivity index (χ2n) is 7.13. The molecular weight excluding hydrogens is 408 g/mol. The summed E-state index contributed by atoms with van der Waals surface area (Å²) in [6, 6.07) is 17.4. The molecule has 154 valence electrons. The lowest BCUT2D eigenvalue weighted by Crippen LogP contribution is -2.16. The summed E-state index contributed by atoms with van der Waals surface area (Å²) in [5.41, 5.74) is 3.60. The summed E-state index contributed by atoms with van der Waals surface area (Å²) in [4.78, 5) is 35.5. The number of thioether (sulfide) groups is 1. The van der Waals surface area contributed by atoms with Crippen LogP contribution in [0.4, 0.5) is 0 Å². The number of ketones is 1. The third-order valence-electron chi connectivity index (χ3n) is 5.22. The highest BCUT2D eigenvalue weighted by Gasteiger charge is 2.28. The third kappa shape index (κ3) is 3.90. The topological polar surface area (TPSA) is 102 Å². The monoisotopic (exact) mass is 428 g/mol. The van der Waals surface area contributed by atoms with Crippen molar-refractivity contribution in [2.45, 2.75) is 30.5 Å². The highest BCUT2D eigenvalue weighted by molar-refractivity contribution is 8.00. The maximum atomic E-state index is 13.8. The zero-order chi connectivity index (χ0) is 22.0. The van der Waals surface area contributed by atoms with Gasteiger partial charge >= 0.3 is 5.69 Å². The van der Waals surface area contributed by atoms with Gasteiger partial charge in [-0.3, -0.25) is 4.79 Å². The number of H-pyrrole nitrogens is 2. The fraction of sp³-hybridized carbons (Fsp3) is 0.167. The van der Waals surface area contributed by atoms with Gasteiger partial charge in [0.25, 0.3) is 0 Å². The van der Waals surface area contributed by atoms with Crippen LogP contribution in [0.15, 0.2) is 64.5 Å². The largest absolute Gasteiger partial charge is 0.360 e. The molecule has 2 aromatic heterocycles. The number of nitriles is 1. The molecule has 2 heterocycles. The van der Waals surface area contributed by atoms with Crippen molar-refractivity contribution in [3.8, 4) is 6.07 Å². The van der Waals surface area contributed by atoms with Crippen LogP contribution in [-0.4, -0.2) is 20.7 Å². The number of para-hydroxylation sites is 1. The second-order valence-corrected chi connectivity index (χ2v) is 8.22. The van der Waals surface area contributed by atoms with Crippen LogP contribution in [0.2, 0.25) is 0 Å². The number of aromatic amines is 2. The lowest BCUT2D eigenvalue weighted by molar-refractivity contribution is 0.0991. The van der Waals surface area contributed by atoms with Crippen molar-refractivity contribution in [2.24, 2.45) is 0 Å². The van der Waals surface area contributed by atoms with E-state index in [1.807, 2.05) is 48.5 Å². The van der Waals surface area contributed by atoms with E-state index >= 15 is 0 Å². The number of fused-ring (bicyclic) bond motifs is 1. The Labute approximate surface area is 183 Å². The molecular formula is C24H20N4O2S. The molecule has 2 aromatic carbocycles. The van der Waals surface area contributed by atoms with E-state index in [2.05, 4.69) is 27.9 Å². The summed E-state index contributed by atoms with van der Waals surface area (Å²) in [7, 11) is 0. The standard InChI is InChI=1S/C24H20N4O2S/c1-3-15-10-7-11-17-19(13-26-20(15)17)21(29)22(16-8-5-4-6-9-16)31-23-18(12-25)14(2)27-24(30)28-23/h4-11,13,22,26H,3H2,1-2H3,(H,27,28,30). The van der Waals surface area contributed by atoms with Crippen LogP contribution in [0.1, 0.15) is 44.9 Å². The molecule has 0 bridgehead atoms. The Morgan fingerprint density at radius 2 is 1.97 bits per heavy atom. The van der Waals surface area contributed by atoms with Crippen molar-refractivity contribution in [3.63, 3.8) is 0 Å². The molecule has 1 atom stereocenters. The Morgan fingerprint density at radius 3 is 2.68 bits per heavy atom. The lowest BCUT2D eigenvalue weighted by atomic mass is 10.0. The molecule has 4 rings (SSSR count). The maximum Gasteiger partial charge on any atom is 0.346 e. The van der Waals surface area contributed by atoms with Gasteiger partial charge in [0, 0.05) is 28.4 Å². The highest BCUT2D eigenvalue weighted by atomic mass is 32.2. The van der Waals surface area contributed by atoms with Crippen LogP contribution < -0.4 is 5.69 Å². The number of aryl methyl sites for hydroxylation is 2. The van der Waals surface area contributed by atoms with Crippen LogP contribution in [0.25, 0.3) is 10.9 Å². The first-order chi connectivity index (χ1) is 15.0. The number of benzene rings is 2. The van der Waals surface area contributed by atoms with Gasteiger partial charge in [-0.05, 0) is 24.5 Å². The van der Waals surface area contributed by atoms with Gasteiger partial charge in [-0.1, -0.05) is 67.2 Å². The van der Waals surface area contributed by atoms with Crippen molar-refractivity contribution < 1.29 is 4.79 Å². The third-order valence-corrected chi connectivity index (χ3v) is 6.46. The van der Waals surface area contributed by atoms with Crippen molar-refractivity contribution >= 4 is 28.4 Å². The minimum atomic E-state index is -0.661. The second kappa shape index (κ2) is 8.62. The Balaban J connectivity index is 1.84. The van der Waals surface area contributed by atoms with Crippen LogP contribution in [0.3, 0.4) is 0 Å². The van der Waals surface area contributed by atoms with Crippen molar-refractivity contribution in [2.75, 3.05) is 0 Å². The van der Waals surface area contributed by atoms with Crippen LogP contribution in [0.5, 0.6) is 0 Å². The lowest BCUT2D eigenvalue weighted by Gasteiger charge is -2.16. The zero-order valence-electron chi connectivity index (χ0n) is 17.1. The van der Waals surface area contributed by atoms with Crippen molar-refractivity contribution in [1.29, 1.82) is 5.26 Å². The molecule has 0 fully saturated rings. The Bertz CT molecular complexity index is 1370. The predicted molar refractivity (Wildman–Crippen MR) is 121 cm³/mol. The molecule has 7 heteroatoms. The number of hydrogen-bond acceptors (Lipinski definition) is 5. The number of Topliss-reactive ketones (excluding diaryl/α,β-unsaturated/α-hetero) is 1. The molecule has 2 N–H and O–H groups in total. The minimum Gasteiger partial charge on any atom is -0.360 e. The molecule has 4 aromatic rings. The van der Waals surface area contributed by atoms with Gasteiger partial charge in [-0.25, -0.2) is 4.79 Å². The van der Waals surface area contributed by atoms with E-state index in [0.29, 0.717) is 11.3 Å². The van der Waals surface area contributed by atoms with Gasteiger partial charge in [0.05, 0.1) is 5.25 Å². The molecule has 0 aliphatic carbocycles. The number of nitrogens with zero attached hydrogens (tertiary/aromatic N) is 2. The van der Waals surface area contributed by atoms with Gasteiger partial charge in [0.1, 0.15) is 16.7 Å². The Morgan fingerprint density at radius 1 is 1.19 bits per heavy atom. The average Bonchev–Trinajstić information content (AvgIpc) is 3.21. The smallest absolute Gasteiger partial charge is 0.346 e. The molecule has 0 amide bonds. The quantitative estimate of drug-likeness (QED) is 0.263. The zero-order valence-corrected chi connectivity index (χ0v) is 17.9. The fourth-order valence-electron chi connectivity index (χ4n) is 3.65. The number of nitrogens with one attached hydrogen (secondary N) is 2. The van der Waals surface area contributed by atoms with Gasteiger partial charge in [-0.2, -0.15) is 10.2 Å². The molecule has 0 aliphatic rings. The normalized spacial score (nSPS) is 11.9. The molecule has 1 unspecified atom stereocenters. The van der Waals surface area contributed by atoms with Crippen LogP contribution in [-0.2, 0) is 6.42 Å². The molecule has 0 saturated heterocycles. The maximum absolute atomic E-state index is 13.8. The summed E-state index contributed by atoms with van der Waals surface area (Å²) in [6.07, 6.45) is 2.59. The molecule has 0 spiro atoms. The summed E-state index contributed by atoms with van der Waals surface area (Å²) in [5, 5.41) is 10.0. The molecule has 31 heavy (non-hydrogen) atoms. The van der Waals surface area contributed by atoms with E-state index in [4.69, 9.17) is 0 Å². The summed E-state index contributed by atoms with van der Waals surface area (Å²) in [5.74, 6) is -0.112. The van der Waals surface area contributed by atoms with Crippen LogP contribution in [0, 0.1) is 18.3 Å². The van der Waals surface area contributed by atoms with Gasteiger partial charge in [-0.15, -0.1) is 0 Å². The first-order valence-electron chi connectivity index (χ1n) is 9.89. The molecule has 0 aliphatic heterocycles.